The molecule has 1 aliphatic rings. The standard InChI is InChI=1S/C16H24O4/c1-2-3-4-5-6-7-8-9-10-11-13(17)15-14(18)12-20-16(15)19/h7-8,17H,2-6,9-12H2,1H3/b8-7-,15-13-. The number of allylic oxidation sites excluding steroid dienone is 3. The van der Waals surface area contributed by atoms with E-state index in [2.05, 4.69) is 23.8 Å². The number of esters is 1. The first-order chi connectivity index (χ1) is 9.66. The quantitative estimate of drug-likeness (QED) is 0.175. The number of Topliss-reactive ketones (excluding diaryl/α,β-unsaturated/α-hetero) is 1. The van der Waals surface area contributed by atoms with Gasteiger partial charge >= 0.3 is 5.97 Å². The lowest BCUT2D eigenvalue weighted by molar-refractivity contribution is -0.135. The zero-order valence-corrected chi connectivity index (χ0v) is 12.2. The molecule has 20 heavy (non-hydrogen) atoms. The summed E-state index contributed by atoms with van der Waals surface area (Å²) in [4.78, 5) is 22.5. The molecule has 4 nitrogen and oxygen atoms in total. The molecule has 0 saturated carbocycles. The van der Waals surface area contributed by atoms with E-state index in [1.54, 1.807) is 0 Å². The van der Waals surface area contributed by atoms with Gasteiger partial charge in [0, 0.05) is 6.42 Å². The molecule has 0 spiro atoms. The number of aliphatic hydroxyl groups is 1. The maximum atomic E-state index is 11.3. The summed E-state index contributed by atoms with van der Waals surface area (Å²) in [6.45, 7) is 1.96. The highest BCUT2D eigenvalue weighted by Crippen LogP contribution is 2.17. The minimum Gasteiger partial charge on any atom is -0.511 e. The minimum atomic E-state index is -0.695. The summed E-state index contributed by atoms with van der Waals surface area (Å²) < 4.78 is 4.57. The largest absolute Gasteiger partial charge is 0.511 e. The Balaban J connectivity index is 2.18. The summed E-state index contributed by atoms with van der Waals surface area (Å²) in [6, 6.07) is 0. The Bertz CT molecular complexity index is 375. The first-order valence-corrected chi connectivity index (χ1v) is 7.44. The molecule has 0 bridgehead atoms. The van der Waals surface area contributed by atoms with Crippen LogP contribution < -0.4 is 0 Å². The predicted octanol–water partition coefficient (Wildman–Crippen LogP) is 3.62. The Morgan fingerprint density at radius 1 is 1.15 bits per heavy atom. The number of ether oxygens (including phenoxy) is 1. The number of carbonyl (C=O) groups excluding carboxylic acids is 2. The van der Waals surface area contributed by atoms with Crippen LogP contribution in [0.4, 0.5) is 0 Å². The van der Waals surface area contributed by atoms with Crippen molar-refractivity contribution >= 4 is 11.8 Å². The van der Waals surface area contributed by atoms with Crippen LogP contribution in [-0.4, -0.2) is 23.5 Å². The molecule has 0 amide bonds. The third kappa shape index (κ3) is 5.59. The van der Waals surface area contributed by atoms with Crippen molar-refractivity contribution in [3.8, 4) is 0 Å². The first kappa shape index (κ1) is 16.5. The molecule has 1 N–H and O–H groups in total. The molecule has 0 aromatic rings. The number of carbonyl (C=O) groups is 2. The Hall–Kier alpha value is -1.58. The first-order valence-electron chi connectivity index (χ1n) is 7.44. The lowest BCUT2D eigenvalue weighted by atomic mass is 10.1. The van der Waals surface area contributed by atoms with Gasteiger partial charge in [-0.15, -0.1) is 0 Å². The maximum Gasteiger partial charge on any atom is 0.345 e. The van der Waals surface area contributed by atoms with E-state index in [9.17, 15) is 14.7 Å². The minimum absolute atomic E-state index is 0.131. The highest BCUT2D eigenvalue weighted by molar-refractivity contribution is 6.22. The van der Waals surface area contributed by atoms with Gasteiger partial charge in [-0.2, -0.15) is 0 Å². The highest BCUT2D eigenvalue weighted by atomic mass is 16.5. The number of rotatable bonds is 9. The van der Waals surface area contributed by atoms with Gasteiger partial charge in [-0.25, -0.2) is 4.79 Å². The van der Waals surface area contributed by atoms with Crippen molar-refractivity contribution in [3.05, 3.63) is 23.5 Å². The summed E-state index contributed by atoms with van der Waals surface area (Å²) in [7, 11) is 0. The number of hydrogen-bond acceptors (Lipinski definition) is 4. The van der Waals surface area contributed by atoms with E-state index >= 15 is 0 Å². The zero-order valence-electron chi connectivity index (χ0n) is 12.2. The molecular formula is C16H24O4. The molecule has 112 valence electrons. The molecule has 0 unspecified atom stereocenters. The summed E-state index contributed by atoms with van der Waals surface area (Å²) >= 11 is 0. The fourth-order valence-electron chi connectivity index (χ4n) is 2.11. The van der Waals surface area contributed by atoms with Crippen LogP contribution in [0.1, 0.15) is 58.3 Å². The SMILES string of the molecule is CCCCCC/C=C\CCC/C(O)=C1\C(=O)COC1=O. The predicted molar refractivity (Wildman–Crippen MR) is 77.4 cm³/mol. The van der Waals surface area contributed by atoms with Crippen molar-refractivity contribution in [1.29, 1.82) is 0 Å². The van der Waals surface area contributed by atoms with Gasteiger partial charge in [-0.05, 0) is 25.7 Å². The van der Waals surface area contributed by atoms with E-state index in [0.29, 0.717) is 6.42 Å². The smallest absolute Gasteiger partial charge is 0.345 e. The summed E-state index contributed by atoms with van der Waals surface area (Å²) in [5.74, 6) is -1.24. The lowest BCUT2D eigenvalue weighted by Crippen LogP contribution is -2.05. The molecule has 0 aromatic carbocycles. The van der Waals surface area contributed by atoms with Crippen LogP contribution in [-0.2, 0) is 14.3 Å². The van der Waals surface area contributed by atoms with E-state index in [-0.39, 0.29) is 17.9 Å². The average Bonchev–Trinajstić information content (AvgIpc) is 2.76. The van der Waals surface area contributed by atoms with E-state index in [1.165, 1.54) is 25.7 Å². The number of ketones is 1. The van der Waals surface area contributed by atoms with Crippen LogP contribution in [0.5, 0.6) is 0 Å². The van der Waals surface area contributed by atoms with Crippen molar-refractivity contribution in [2.75, 3.05) is 6.61 Å². The Labute approximate surface area is 120 Å². The van der Waals surface area contributed by atoms with Crippen LogP contribution >= 0.6 is 0 Å². The number of aliphatic hydroxyl groups excluding tert-OH is 1. The zero-order chi connectivity index (χ0) is 14.8. The van der Waals surface area contributed by atoms with Crippen LogP contribution in [0, 0.1) is 0 Å². The normalized spacial score (nSPS) is 17.9. The second-order valence-corrected chi connectivity index (χ2v) is 5.03. The second kappa shape index (κ2) is 9.34. The topological polar surface area (TPSA) is 63.6 Å². The molecule has 0 atom stereocenters. The van der Waals surface area contributed by atoms with Gasteiger partial charge in [0.1, 0.15) is 11.3 Å². The highest BCUT2D eigenvalue weighted by Gasteiger charge is 2.31. The van der Waals surface area contributed by atoms with E-state index in [0.717, 1.165) is 19.3 Å². The molecule has 4 heteroatoms. The molecule has 1 aliphatic heterocycles. The number of cyclic esters (lactones) is 1. The van der Waals surface area contributed by atoms with Gasteiger partial charge in [0.15, 0.2) is 6.61 Å². The van der Waals surface area contributed by atoms with Gasteiger partial charge in [-0.1, -0.05) is 38.3 Å². The number of hydrogen-bond donors (Lipinski definition) is 1. The van der Waals surface area contributed by atoms with E-state index < -0.39 is 11.8 Å². The monoisotopic (exact) mass is 280 g/mol. The van der Waals surface area contributed by atoms with Crippen LogP contribution in [0.25, 0.3) is 0 Å². The Kier molecular flexibility index (Phi) is 7.70. The van der Waals surface area contributed by atoms with E-state index in [4.69, 9.17) is 0 Å². The molecule has 0 aliphatic carbocycles. The lowest BCUT2D eigenvalue weighted by Gasteiger charge is -2.00. The van der Waals surface area contributed by atoms with Gasteiger partial charge < -0.3 is 9.84 Å². The molecule has 1 saturated heterocycles. The molecule has 0 radical (unpaired) electrons. The molecule has 0 aromatic heterocycles. The molecule has 1 fully saturated rings. The van der Waals surface area contributed by atoms with Crippen LogP contribution in [0.15, 0.2) is 23.5 Å². The van der Waals surface area contributed by atoms with Crippen molar-refractivity contribution < 1.29 is 19.4 Å². The summed E-state index contributed by atoms with van der Waals surface area (Å²) in [5, 5.41) is 9.72. The van der Waals surface area contributed by atoms with Crippen LogP contribution in [0.3, 0.4) is 0 Å². The van der Waals surface area contributed by atoms with Gasteiger partial charge in [-0.3, -0.25) is 4.79 Å². The third-order valence-electron chi connectivity index (χ3n) is 3.28. The van der Waals surface area contributed by atoms with Crippen molar-refractivity contribution in [2.24, 2.45) is 0 Å². The Morgan fingerprint density at radius 2 is 1.85 bits per heavy atom. The van der Waals surface area contributed by atoms with Crippen molar-refractivity contribution in [1.82, 2.24) is 0 Å². The average molecular weight is 280 g/mol. The van der Waals surface area contributed by atoms with Gasteiger partial charge in [0.2, 0.25) is 5.78 Å². The summed E-state index contributed by atoms with van der Waals surface area (Å²) in [5.41, 5.74) is -0.159. The van der Waals surface area contributed by atoms with Crippen LogP contribution in [0.2, 0.25) is 0 Å². The van der Waals surface area contributed by atoms with Crippen molar-refractivity contribution in [3.63, 3.8) is 0 Å². The van der Waals surface area contributed by atoms with Crippen molar-refractivity contribution in [2.45, 2.75) is 58.3 Å². The molecular weight excluding hydrogens is 256 g/mol. The van der Waals surface area contributed by atoms with Gasteiger partial charge in [0.25, 0.3) is 0 Å². The fourth-order valence-corrected chi connectivity index (χ4v) is 2.11. The van der Waals surface area contributed by atoms with E-state index in [1.807, 2.05) is 0 Å². The number of unbranched alkanes of at least 4 members (excludes halogenated alkanes) is 5. The Morgan fingerprint density at radius 3 is 2.45 bits per heavy atom. The molecule has 1 heterocycles. The molecule has 1 rings (SSSR count). The third-order valence-corrected chi connectivity index (χ3v) is 3.28. The fraction of sp³-hybridized carbons (Fsp3) is 0.625. The van der Waals surface area contributed by atoms with Gasteiger partial charge in [0.05, 0.1) is 0 Å². The second-order valence-electron chi connectivity index (χ2n) is 5.03. The maximum absolute atomic E-state index is 11.3. The summed E-state index contributed by atoms with van der Waals surface area (Å²) in [6.07, 6.45) is 12.3.